The van der Waals surface area contributed by atoms with Crippen molar-refractivity contribution in [2.75, 3.05) is 0 Å². The van der Waals surface area contributed by atoms with E-state index in [2.05, 4.69) is 37.5 Å². The highest BCUT2D eigenvalue weighted by atomic mass is 16.2. The van der Waals surface area contributed by atoms with Crippen molar-refractivity contribution in [1.29, 1.82) is 0 Å². The molecule has 4 aliphatic carbocycles. The van der Waals surface area contributed by atoms with Gasteiger partial charge in [0.15, 0.2) is 0 Å². The Bertz CT molecular complexity index is 1310. The zero-order valence-corrected chi connectivity index (χ0v) is 22.8. The molecule has 2 saturated carbocycles. The number of benzene rings is 1. The first-order valence-electron chi connectivity index (χ1n) is 14.7. The molecule has 7 rings (SSSR count). The summed E-state index contributed by atoms with van der Waals surface area (Å²) in [5.74, 6) is -1.10. The van der Waals surface area contributed by atoms with Crippen LogP contribution in [0.15, 0.2) is 73.9 Å². The lowest BCUT2D eigenvalue weighted by atomic mass is 9.72. The number of hydrogen-bond acceptors (Lipinski definition) is 4. The van der Waals surface area contributed by atoms with E-state index >= 15 is 0 Å². The van der Waals surface area contributed by atoms with Crippen molar-refractivity contribution in [3.63, 3.8) is 0 Å². The predicted molar refractivity (Wildman–Crippen MR) is 150 cm³/mol. The van der Waals surface area contributed by atoms with Crippen molar-refractivity contribution in [2.24, 2.45) is 46.3 Å². The molecule has 206 valence electrons. The lowest BCUT2D eigenvalue weighted by molar-refractivity contribution is -0.143. The lowest BCUT2D eigenvalue weighted by Crippen LogP contribution is -2.36. The van der Waals surface area contributed by atoms with Gasteiger partial charge in [-0.1, -0.05) is 60.7 Å². The van der Waals surface area contributed by atoms with E-state index in [0.717, 1.165) is 49.7 Å². The van der Waals surface area contributed by atoms with Crippen LogP contribution >= 0.6 is 0 Å². The Hall–Kier alpha value is -3.54. The van der Waals surface area contributed by atoms with Crippen LogP contribution in [0.5, 0.6) is 0 Å². The number of nitrogens with zero attached hydrogens (tertiary/aromatic N) is 2. The number of imide groups is 2. The Labute approximate surface area is 235 Å². The van der Waals surface area contributed by atoms with Crippen LogP contribution in [0, 0.1) is 46.3 Å². The molecule has 0 N–H and O–H groups in total. The molecule has 1 aromatic rings. The standard InChI is InChI=1S/C34H36N2O4/c1-3-5-12-33-14-10-23(17-33)25-27(33)31(39)35(29(25)37)19-21-8-7-9-22(16-21)20-36-30(38)26-24-11-15-34(18-24,13-6-4-2)28(26)32(36)40/h3-4,7-11,14-16,23-28H,1-2,5-6,12-13,17-20H2. The summed E-state index contributed by atoms with van der Waals surface area (Å²) in [4.78, 5) is 57.1. The molecule has 0 spiro atoms. The van der Waals surface area contributed by atoms with Gasteiger partial charge in [-0.25, -0.2) is 0 Å². The third kappa shape index (κ3) is 3.40. The molecule has 40 heavy (non-hydrogen) atoms. The second-order valence-electron chi connectivity index (χ2n) is 12.9. The molecule has 4 bridgehead atoms. The van der Waals surface area contributed by atoms with Gasteiger partial charge in [0.2, 0.25) is 23.6 Å². The molecule has 4 amide bonds. The third-order valence-corrected chi connectivity index (χ3v) is 10.9. The van der Waals surface area contributed by atoms with Crippen molar-refractivity contribution in [2.45, 2.75) is 51.6 Å². The number of likely N-dealkylation sites (tertiary alicyclic amines) is 2. The highest BCUT2D eigenvalue weighted by molar-refractivity contribution is 6.07. The molecule has 1 aromatic carbocycles. The van der Waals surface area contributed by atoms with Crippen LogP contribution in [0.1, 0.15) is 49.7 Å². The highest BCUT2D eigenvalue weighted by Crippen LogP contribution is 2.63. The lowest BCUT2D eigenvalue weighted by Gasteiger charge is -2.30. The summed E-state index contributed by atoms with van der Waals surface area (Å²) in [6.45, 7) is 8.13. The number of allylic oxidation sites excluding steroid dienone is 6. The number of carbonyl (C=O) groups excluding carboxylic acids is 4. The Morgan fingerprint density at radius 2 is 1.18 bits per heavy atom. The van der Waals surface area contributed by atoms with Crippen LogP contribution in [0.25, 0.3) is 0 Å². The van der Waals surface area contributed by atoms with Gasteiger partial charge < -0.3 is 0 Å². The minimum atomic E-state index is -0.283. The SMILES string of the molecule is C=CCCC12C=CC(C1)C1C(=O)N(Cc3cccc(CN4C(=O)C5C6C=CC(CCC=C)(C6)C5C4=O)c3)C(=O)C12. The third-order valence-electron chi connectivity index (χ3n) is 10.9. The average molecular weight is 537 g/mol. The van der Waals surface area contributed by atoms with Gasteiger partial charge in [-0.15, -0.1) is 13.2 Å². The van der Waals surface area contributed by atoms with Crippen LogP contribution in [-0.4, -0.2) is 33.4 Å². The topological polar surface area (TPSA) is 74.8 Å². The van der Waals surface area contributed by atoms with E-state index in [-0.39, 0.29) is 83.1 Å². The molecule has 2 heterocycles. The van der Waals surface area contributed by atoms with Crippen molar-refractivity contribution < 1.29 is 19.2 Å². The van der Waals surface area contributed by atoms with Crippen molar-refractivity contribution in [3.8, 4) is 0 Å². The average Bonchev–Trinajstić information content (AvgIpc) is 3.78. The number of rotatable bonds is 10. The van der Waals surface area contributed by atoms with E-state index in [1.807, 2.05) is 36.4 Å². The largest absolute Gasteiger partial charge is 0.278 e. The Morgan fingerprint density at radius 3 is 1.60 bits per heavy atom. The fourth-order valence-corrected chi connectivity index (χ4v) is 9.23. The quantitative estimate of drug-likeness (QED) is 0.313. The Kier molecular flexibility index (Phi) is 5.71. The molecule has 8 atom stereocenters. The molecule has 8 unspecified atom stereocenters. The second kappa shape index (κ2) is 8.98. The summed E-state index contributed by atoms with van der Waals surface area (Å²) in [6, 6.07) is 7.64. The summed E-state index contributed by atoms with van der Waals surface area (Å²) in [5.41, 5.74) is 1.20. The molecular formula is C34H36N2O4. The number of carbonyl (C=O) groups is 4. The van der Waals surface area contributed by atoms with Gasteiger partial charge in [-0.05, 0) is 61.5 Å². The van der Waals surface area contributed by atoms with Crippen molar-refractivity contribution >= 4 is 23.6 Å². The summed E-state index contributed by atoms with van der Waals surface area (Å²) in [7, 11) is 0. The summed E-state index contributed by atoms with van der Waals surface area (Å²) < 4.78 is 0. The van der Waals surface area contributed by atoms with Crippen LogP contribution in [-0.2, 0) is 32.3 Å². The Morgan fingerprint density at radius 1 is 0.725 bits per heavy atom. The van der Waals surface area contributed by atoms with E-state index in [1.54, 1.807) is 0 Å². The van der Waals surface area contributed by atoms with Gasteiger partial charge in [0, 0.05) is 10.8 Å². The van der Waals surface area contributed by atoms with Crippen LogP contribution < -0.4 is 0 Å². The van der Waals surface area contributed by atoms with Gasteiger partial charge in [0.1, 0.15) is 0 Å². The minimum Gasteiger partial charge on any atom is -0.278 e. The van der Waals surface area contributed by atoms with E-state index in [0.29, 0.717) is 0 Å². The number of amides is 4. The maximum absolute atomic E-state index is 13.6. The van der Waals surface area contributed by atoms with E-state index in [1.165, 1.54) is 9.80 Å². The first-order valence-corrected chi connectivity index (χ1v) is 14.7. The fraction of sp³-hybridized carbons (Fsp3) is 0.471. The molecule has 6 aliphatic rings. The van der Waals surface area contributed by atoms with E-state index in [4.69, 9.17) is 0 Å². The van der Waals surface area contributed by atoms with Gasteiger partial charge >= 0.3 is 0 Å². The zero-order valence-electron chi connectivity index (χ0n) is 22.8. The summed E-state index contributed by atoms with van der Waals surface area (Å²) >= 11 is 0. The van der Waals surface area contributed by atoms with Crippen LogP contribution in [0.3, 0.4) is 0 Å². The maximum Gasteiger partial charge on any atom is 0.234 e. The van der Waals surface area contributed by atoms with Gasteiger partial charge in [-0.2, -0.15) is 0 Å². The molecular weight excluding hydrogens is 500 g/mol. The van der Waals surface area contributed by atoms with Crippen molar-refractivity contribution in [3.05, 3.63) is 85.0 Å². The normalized spacial score (nSPS) is 38.2. The van der Waals surface area contributed by atoms with Gasteiger partial charge in [-0.3, -0.25) is 29.0 Å². The molecule has 2 aliphatic heterocycles. The molecule has 4 fully saturated rings. The number of hydrogen-bond donors (Lipinski definition) is 0. The van der Waals surface area contributed by atoms with E-state index < -0.39 is 0 Å². The first kappa shape index (κ1) is 25.4. The van der Waals surface area contributed by atoms with Crippen molar-refractivity contribution in [1.82, 2.24) is 9.80 Å². The summed E-state index contributed by atoms with van der Waals surface area (Å²) in [6.07, 6.45) is 17.5. The van der Waals surface area contributed by atoms with Crippen LogP contribution in [0.4, 0.5) is 0 Å². The second-order valence-corrected chi connectivity index (χ2v) is 12.9. The highest BCUT2D eigenvalue weighted by Gasteiger charge is 2.66. The monoisotopic (exact) mass is 536 g/mol. The maximum atomic E-state index is 13.6. The van der Waals surface area contributed by atoms with Gasteiger partial charge in [0.05, 0.1) is 36.8 Å². The smallest absolute Gasteiger partial charge is 0.234 e. The van der Waals surface area contributed by atoms with E-state index in [9.17, 15) is 19.2 Å². The summed E-state index contributed by atoms with van der Waals surface area (Å²) in [5, 5.41) is 0. The Balaban J connectivity index is 1.08. The molecule has 0 aromatic heterocycles. The van der Waals surface area contributed by atoms with Gasteiger partial charge in [0.25, 0.3) is 0 Å². The molecule has 0 radical (unpaired) electrons. The molecule has 6 heteroatoms. The van der Waals surface area contributed by atoms with Crippen LogP contribution in [0.2, 0.25) is 0 Å². The zero-order chi connectivity index (χ0) is 27.8. The minimum absolute atomic E-state index is 0.0677. The predicted octanol–water partition coefficient (Wildman–Crippen LogP) is 4.97. The molecule has 6 nitrogen and oxygen atoms in total. The molecule has 2 saturated heterocycles. The first-order chi connectivity index (χ1) is 19.3. The number of fused-ring (bicyclic) bond motifs is 10. The fourth-order valence-electron chi connectivity index (χ4n) is 9.23.